The Morgan fingerprint density at radius 1 is 1.36 bits per heavy atom. The Labute approximate surface area is 152 Å². The van der Waals surface area contributed by atoms with Gasteiger partial charge in [-0.1, -0.05) is 23.7 Å². The number of nitrogens with one attached hydrogen (secondary N) is 1. The highest BCUT2D eigenvalue weighted by Gasteiger charge is 2.17. The van der Waals surface area contributed by atoms with Crippen LogP contribution in [0.25, 0.3) is 11.8 Å². The number of hydrogen-bond acceptors (Lipinski definition) is 3. The van der Waals surface area contributed by atoms with E-state index in [2.05, 4.69) is 10.4 Å². The van der Waals surface area contributed by atoms with Gasteiger partial charge in [-0.2, -0.15) is 10.4 Å². The summed E-state index contributed by atoms with van der Waals surface area (Å²) in [7, 11) is 0. The van der Waals surface area contributed by atoms with Crippen molar-refractivity contribution in [2.45, 2.75) is 40.7 Å². The number of halogens is 1. The van der Waals surface area contributed by atoms with Crippen molar-refractivity contribution in [3.8, 4) is 11.8 Å². The van der Waals surface area contributed by atoms with E-state index in [1.165, 1.54) is 6.08 Å². The van der Waals surface area contributed by atoms with Crippen molar-refractivity contribution < 1.29 is 4.79 Å². The standard InChI is InChI=1S/C19H21ClN4O/c1-11(2)22-19(25)15(10-21)9-16-14(5)23-24(18(16)20)17-8-12(3)6-7-13(17)4/h6-9,11H,1-5H3,(H,22,25)/b15-9+. The van der Waals surface area contributed by atoms with E-state index in [0.29, 0.717) is 16.4 Å². The zero-order chi connectivity index (χ0) is 18.7. The van der Waals surface area contributed by atoms with Crippen LogP contribution in [0.3, 0.4) is 0 Å². The highest BCUT2D eigenvalue weighted by atomic mass is 35.5. The van der Waals surface area contributed by atoms with Gasteiger partial charge in [0.25, 0.3) is 5.91 Å². The number of carbonyl (C=O) groups excluding carboxylic acids is 1. The van der Waals surface area contributed by atoms with E-state index in [4.69, 9.17) is 11.6 Å². The minimum atomic E-state index is -0.424. The van der Waals surface area contributed by atoms with Gasteiger partial charge in [0.05, 0.1) is 11.4 Å². The van der Waals surface area contributed by atoms with E-state index in [9.17, 15) is 10.1 Å². The fourth-order valence-corrected chi connectivity index (χ4v) is 2.74. The van der Waals surface area contributed by atoms with Gasteiger partial charge >= 0.3 is 0 Å². The normalized spacial score (nSPS) is 11.5. The molecule has 0 saturated heterocycles. The molecule has 0 atom stereocenters. The van der Waals surface area contributed by atoms with Crippen molar-refractivity contribution in [3.05, 3.63) is 51.3 Å². The fraction of sp³-hybridized carbons (Fsp3) is 0.316. The van der Waals surface area contributed by atoms with Crippen LogP contribution in [0, 0.1) is 32.1 Å². The lowest BCUT2D eigenvalue weighted by Crippen LogP contribution is -2.30. The molecule has 2 aromatic rings. The largest absolute Gasteiger partial charge is 0.349 e. The Bertz CT molecular complexity index is 888. The molecule has 0 spiro atoms. The highest BCUT2D eigenvalue weighted by molar-refractivity contribution is 6.31. The summed E-state index contributed by atoms with van der Waals surface area (Å²) in [4.78, 5) is 12.1. The average molecular weight is 357 g/mol. The molecule has 130 valence electrons. The van der Waals surface area contributed by atoms with Crippen LogP contribution in [0.5, 0.6) is 0 Å². The summed E-state index contributed by atoms with van der Waals surface area (Å²) in [6, 6.07) is 7.90. The third-order valence-electron chi connectivity index (χ3n) is 3.71. The maximum atomic E-state index is 12.1. The molecule has 0 radical (unpaired) electrons. The molecule has 1 aromatic heterocycles. The number of amides is 1. The van der Waals surface area contributed by atoms with Gasteiger partial charge in [-0.3, -0.25) is 4.79 Å². The van der Waals surface area contributed by atoms with Gasteiger partial charge in [0.1, 0.15) is 16.8 Å². The predicted octanol–water partition coefficient (Wildman–Crippen LogP) is 3.88. The molecule has 1 aromatic carbocycles. The Kier molecular flexibility index (Phi) is 5.66. The van der Waals surface area contributed by atoms with Crippen molar-refractivity contribution in [1.82, 2.24) is 15.1 Å². The van der Waals surface area contributed by atoms with E-state index in [0.717, 1.165) is 16.8 Å². The second kappa shape index (κ2) is 7.54. The first-order valence-corrected chi connectivity index (χ1v) is 8.37. The molecule has 0 aliphatic carbocycles. The third kappa shape index (κ3) is 4.09. The zero-order valence-electron chi connectivity index (χ0n) is 15.0. The molecule has 0 aliphatic rings. The van der Waals surface area contributed by atoms with Crippen molar-refractivity contribution in [1.29, 1.82) is 5.26 Å². The number of aromatic nitrogens is 2. The molecule has 0 unspecified atom stereocenters. The fourth-order valence-electron chi connectivity index (χ4n) is 2.42. The van der Waals surface area contributed by atoms with Gasteiger partial charge < -0.3 is 5.32 Å². The molecule has 1 heterocycles. The van der Waals surface area contributed by atoms with E-state index < -0.39 is 5.91 Å². The Morgan fingerprint density at radius 3 is 2.64 bits per heavy atom. The number of benzene rings is 1. The lowest BCUT2D eigenvalue weighted by molar-refractivity contribution is -0.117. The van der Waals surface area contributed by atoms with E-state index in [1.807, 2.05) is 52.0 Å². The van der Waals surface area contributed by atoms with Crippen molar-refractivity contribution in [2.75, 3.05) is 0 Å². The summed E-state index contributed by atoms with van der Waals surface area (Å²) < 4.78 is 1.64. The summed E-state index contributed by atoms with van der Waals surface area (Å²) in [5.41, 5.74) is 4.21. The van der Waals surface area contributed by atoms with Crippen LogP contribution in [-0.4, -0.2) is 21.7 Å². The molecule has 6 heteroatoms. The topological polar surface area (TPSA) is 70.7 Å². The third-order valence-corrected chi connectivity index (χ3v) is 4.08. The molecule has 2 rings (SSSR count). The van der Waals surface area contributed by atoms with Gasteiger partial charge in [-0.05, 0) is 57.9 Å². The number of carbonyl (C=O) groups is 1. The maximum absolute atomic E-state index is 12.1. The number of hydrogen-bond donors (Lipinski definition) is 1. The van der Waals surface area contributed by atoms with Crippen molar-refractivity contribution >= 4 is 23.6 Å². The smallest absolute Gasteiger partial charge is 0.262 e. The first-order chi connectivity index (χ1) is 11.7. The summed E-state index contributed by atoms with van der Waals surface area (Å²) in [5.74, 6) is -0.424. The van der Waals surface area contributed by atoms with Crippen LogP contribution in [0.15, 0.2) is 23.8 Å². The lowest BCUT2D eigenvalue weighted by atomic mass is 10.1. The molecule has 0 saturated carbocycles. The second-order valence-electron chi connectivity index (χ2n) is 6.29. The molecule has 0 fully saturated rings. The Morgan fingerprint density at radius 2 is 2.04 bits per heavy atom. The van der Waals surface area contributed by atoms with Gasteiger partial charge in [0.15, 0.2) is 0 Å². The van der Waals surface area contributed by atoms with E-state index >= 15 is 0 Å². The first kappa shape index (κ1) is 18.8. The number of rotatable bonds is 4. The quantitative estimate of drug-likeness (QED) is 0.667. The van der Waals surface area contributed by atoms with Crippen LogP contribution < -0.4 is 5.32 Å². The van der Waals surface area contributed by atoms with Crippen LogP contribution >= 0.6 is 11.6 Å². The summed E-state index contributed by atoms with van der Waals surface area (Å²) in [6.07, 6.45) is 1.49. The molecular weight excluding hydrogens is 336 g/mol. The highest BCUT2D eigenvalue weighted by Crippen LogP contribution is 2.27. The maximum Gasteiger partial charge on any atom is 0.262 e. The minimum absolute atomic E-state index is 0.000728. The van der Waals surface area contributed by atoms with Crippen LogP contribution in [-0.2, 0) is 4.79 Å². The van der Waals surface area contributed by atoms with Gasteiger partial charge in [0, 0.05) is 11.6 Å². The Hall–Kier alpha value is -2.58. The first-order valence-electron chi connectivity index (χ1n) is 8.00. The van der Waals surface area contributed by atoms with Crippen LogP contribution in [0.1, 0.15) is 36.2 Å². The number of nitrogens with zero attached hydrogens (tertiary/aromatic N) is 3. The Balaban J connectivity index is 2.53. The molecule has 5 nitrogen and oxygen atoms in total. The van der Waals surface area contributed by atoms with E-state index in [-0.39, 0.29) is 11.6 Å². The average Bonchev–Trinajstić information content (AvgIpc) is 2.81. The summed E-state index contributed by atoms with van der Waals surface area (Å²) in [6.45, 7) is 9.45. The van der Waals surface area contributed by atoms with Gasteiger partial charge in [-0.15, -0.1) is 0 Å². The van der Waals surface area contributed by atoms with Crippen LogP contribution in [0.4, 0.5) is 0 Å². The SMILES string of the molecule is Cc1ccc(C)c(-n2nc(C)c(/C=C(\C#N)C(=O)NC(C)C)c2Cl)c1. The number of nitriles is 1. The molecule has 1 N–H and O–H groups in total. The summed E-state index contributed by atoms with van der Waals surface area (Å²) >= 11 is 6.51. The van der Waals surface area contributed by atoms with E-state index in [1.54, 1.807) is 11.6 Å². The predicted molar refractivity (Wildman–Crippen MR) is 99.7 cm³/mol. The second-order valence-corrected chi connectivity index (χ2v) is 6.65. The van der Waals surface area contributed by atoms with Gasteiger partial charge in [-0.25, -0.2) is 4.68 Å². The monoisotopic (exact) mass is 356 g/mol. The molecule has 25 heavy (non-hydrogen) atoms. The lowest BCUT2D eigenvalue weighted by Gasteiger charge is -2.08. The minimum Gasteiger partial charge on any atom is -0.349 e. The summed E-state index contributed by atoms with van der Waals surface area (Å²) in [5, 5.41) is 16.9. The van der Waals surface area contributed by atoms with Gasteiger partial charge in [0.2, 0.25) is 0 Å². The zero-order valence-corrected chi connectivity index (χ0v) is 15.8. The molecule has 0 aliphatic heterocycles. The van der Waals surface area contributed by atoms with Crippen molar-refractivity contribution in [3.63, 3.8) is 0 Å². The van der Waals surface area contributed by atoms with Crippen molar-refractivity contribution in [2.24, 2.45) is 0 Å². The number of aryl methyl sites for hydroxylation is 3. The van der Waals surface area contributed by atoms with Crippen LogP contribution in [0.2, 0.25) is 5.15 Å². The molecular formula is C19H21ClN4O. The molecule has 0 bridgehead atoms. The molecule has 1 amide bonds.